The molecule has 3 rings (SSSR count). The molecule has 0 aromatic carbocycles. The van der Waals surface area contributed by atoms with Crippen LogP contribution in [0.4, 0.5) is 0 Å². The summed E-state index contributed by atoms with van der Waals surface area (Å²) in [5, 5.41) is 19.7. The molecule has 0 saturated heterocycles. The van der Waals surface area contributed by atoms with Crippen LogP contribution in [0.1, 0.15) is 34.7 Å². The van der Waals surface area contributed by atoms with E-state index in [0.717, 1.165) is 42.6 Å². The fourth-order valence-corrected chi connectivity index (χ4v) is 2.18. The molecule has 6 heteroatoms. The van der Waals surface area contributed by atoms with Gasteiger partial charge in [0.05, 0.1) is 0 Å². The van der Waals surface area contributed by atoms with Gasteiger partial charge in [-0.2, -0.15) is 5.10 Å². The first-order valence-corrected chi connectivity index (χ1v) is 5.52. The number of hydrogen-bond donors (Lipinski definition) is 2. The fourth-order valence-electron chi connectivity index (χ4n) is 2.18. The van der Waals surface area contributed by atoms with Crippen LogP contribution >= 0.6 is 0 Å². The Kier molecular flexibility index (Phi) is 2.21. The maximum Gasteiger partial charge on any atom is 0.374 e. The lowest BCUT2D eigenvalue weighted by Gasteiger charge is -2.09. The molecule has 0 bridgehead atoms. The van der Waals surface area contributed by atoms with Crippen LogP contribution in [0.5, 0.6) is 0 Å². The monoisotopic (exact) mass is 233 g/mol. The Balaban J connectivity index is 2.03. The zero-order chi connectivity index (χ0) is 11.8. The Morgan fingerprint density at radius 2 is 2.24 bits per heavy atom. The van der Waals surface area contributed by atoms with Gasteiger partial charge in [-0.3, -0.25) is 5.10 Å². The zero-order valence-electron chi connectivity index (χ0n) is 9.06. The van der Waals surface area contributed by atoms with E-state index in [4.69, 9.17) is 9.63 Å². The Labute approximate surface area is 96.6 Å². The smallest absolute Gasteiger partial charge is 0.374 e. The SMILES string of the molecule is O=C(O)c1cc(-c2n[nH]c3c2CCCC3)no1. The summed E-state index contributed by atoms with van der Waals surface area (Å²) in [7, 11) is 0. The van der Waals surface area contributed by atoms with Gasteiger partial charge < -0.3 is 9.63 Å². The van der Waals surface area contributed by atoms with Crippen LogP contribution in [0.3, 0.4) is 0 Å². The molecular formula is C11H11N3O3. The first-order chi connectivity index (χ1) is 8.25. The summed E-state index contributed by atoms with van der Waals surface area (Å²) in [4.78, 5) is 10.7. The molecule has 2 heterocycles. The number of fused-ring (bicyclic) bond motifs is 1. The molecule has 0 amide bonds. The van der Waals surface area contributed by atoms with E-state index in [2.05, 4.69) is 15.4 Å². The fraction of sp³-hybridized carbons (Fsp3) is 0.364. The zero-order valence-corrected chi connectivity index (χ0v) is 9.06. The molecule has 0 aliphatic heterocycles. The van der Waals surface area contributed by atoms with Gasteiger partial charge in [-0.25, -0.2) is 4.79 Å². The van der Waals surface area contributed by atoms with Crippen LogP contribution in [0.25, 0.3) is 11.4 Å². The number of carboxylic acid groups (broad SMARTS) is 1. The number of hydrogen-bond acceptors (Lipinski definition) is 4. The number of carboxylic acids is 1. The molecular weight excluding hydrogens is 222 g/mol. The van der Waals surface area contributed by atoms with E-state index < -0.39 is 5.97 Å². The highest BCUT2D eigenvalue weighted by Gasteiger charge is 2.21. The molecule has 0 radical (unpaired) electrons. The molecule has 1 aliphatic rings. The van der Waals surface area contributed by atoms with E-state index in [1.807, 2.05) is 0 Å². The van der Waals surface area contributed by atoms with Gasteiger partial charge >= 0.3 is 5.97 Å². The Hall–Kier alpha value is -2.11. The summed E-state index contributed by atoms with van der Waals surface area (Å²) in [6, 6.07) is 1.41. The predicted octanol–water partition coefficient (Wildman–Crippen LogP) is 1.64. The van der Waals surface area contributed by atoms with E-state index in [1.54, 1.807) is 0 Å². The van der Waals surface area contributed by atoms with Crippen LogP contribution in [-0.2, 0) is 12.8 Å². The summed E-state index contributed by atoms with van der Waals surface area (Å²) >= 11 is 0. The van der Waals surface area contributed by atoms with Crippen LogP contribution < -0.4 is 0 Å². The first-order valence-electron chi connectivity index (χ1n) is 5.52. The largest absolute Gasteiger partial charge is 0.475 e. The molecule has 2 aromatic rings. The van der Waals surface area contributed by atoms with Crippen molar-refractivity contribution >= 4 is 5.97 Å². The molecule has 2 N–H and O–H groups in total. The van der Waals surface area contributed by atoms with Crippen molar-refractivity contribution in [3.63, 3.8) is 0 Å². The number of carbonyl (C=O) groups is 1. The van der Waals surface area contributed by atoms with Gasteiger partial charge in [0.1, 0.15) is 11.4 Å². The van der Waals surface area contributed by atoms with Crippen molar-refractivity contribution in [2.45, 2.75) is 25.7 Å². The lowest BCUT2D eigenvalue weighted by molar-refractivity contribution is 0.0652. The van der Waals surface area contributed by atoms with E-state index in [0.29, 0.717) is 5.69 Å². The maximum absolute atomic E-state index is 10.7. The number of aromatic nitrogens is 3. The van der Waals surface area contributed by atoms with Gasteiger partial charge in [-0.05, 0) is 25.7 Å². The van der Waals surface area contributed by atoms with Crippen molar-refractivity contribution in [3.05, 3.63) is 23.1 Å². The molecule has 0 fully saturated rings. The van der Waals surface area contributed by atoms with E-state index in [9.17, 15) is 4.79 Å². The molecule has 0 spiro atoms. The van der Waals surface area contributed by atoms with E-state index in [1.165, 1.54) is 6.07 Å². The molecule has 0 unspecified atom stereocenters. The molecule has 6 nitrogen and oxygen atoms in total. The Morgan fingerprint density at radius 3 is 3.00 bits per heavy atom. The summed E-state index contributed by atoms with van der Waals surface area (Å²) in [6.45, 7) is 0. The van der Waals surface area contributed by atoms with Crippen LogP contribution in [0.2, 0.25) is 0 Å². The quantitative estimate of drug-likeness (QED) is 0.822. The van der Waals surface area contributed by atoms with Crippen molar-refractivity contribution in [1.82, 2.24) is 15.4 Å². The van der Waals surface area contributed by atoms with Crippen molar-refractivity contribution in [2.75, 3.05) is 0 Å². The summed E-state index contributed by atoms with van der Waals surface area (Å²) in [5.74, 6) is -1.28. The number of aromatic carboxylic acids is 1. The predicted molar refractivity (Wildman–Crippen MR) is 57.7 cm³/mol. The first kappa shape index (κ1) is 10.1. The van der Waals surface area contributed by atoms with Crippen molar-refractivity contribution in [1.29, 1.82) is 0 Å². The topological polar surface area (TPSA) is 92.0 Å². The number of nitrogens with one attached hydrogen (secondary N) is 1. The minimum atomic E-state index is -1.12. The second-order valence-corrected chi connectivity index (χ2v) is 4.12. The van der Waals surface area contributed by atoms with Crippen molar-refractivity contribution < 1.29 is 14.4 Å². The van der Waals surface area contributed by atoms with Gasteiger partial charge in [0.2, 0.25) is 5.76 Å². The lowest BCUT2D eigenvalue weighted by Crippen LogP contribution is -2.01. The summed E-state index contributed by atoms with van der Waals surface area (Å²) in [6.07, 6.45) is 4.24. The van der Waals surface area contributed by atoms with Gasteiger partial charge in [-0.15, -0.1) is 0 Å². The van der Waals surface area contributed by atoms with Crippen LogP contribution in [0, 0.1) is 0 Å². The number of aryl methyl sites for hydroxylation is 1. The van der Waals surface area contributed by atoms with Gasteiger partial charge in [0, 0.05) is 17.3 Å². The van der Waals surface area contributed by atoms with Crippen LogP contribution in [0.15, 0.2) is 10.6 Å². The molecule has 1 aliphatic carbocycles. The number of rotatable bonds is 2. The second-order valence-electron chi connectivity index (χ2n) is 4.12. The third-order valence-electron chi connectivity index (χ3n) is 3.02. The molecule has 88 valence electrons. The minimum Gasteiger partial charge on any atom is -0.475 e. The van der Waals surface area contributed by atoms with E-state index in [-0.39, 0.29) is 5.76 Å². The van der Waals surface area contributed by atoms with Gasteiger partial charge in [0.25, 0.3) is 0 Å². The highest BCUT2D eigenvalue weighted by molar-refractivity contribution is 5.85. The molecule has 2 aromatic heterocycles. The highest BCUT2D eigenvalue weighted by Crippen LogP contribution is 2.28. The Morgan fingerprint density at radius 1 is 1.41 bits per heavy atom. The Bertz CT molecular complexity index is 570. The number of nitrogens with zero attached hydrogens (tertiary/aromatic N) is 2. The normalized spacial score (nSPS) is 14.6. The highest BCUT2D eigenvalue weighted by atomic mass is 16.5. The van der Waals surface area contributed by atoms with Gasteiger partial charge in [-0.1, -0.05) is 5.16 Å². The van der Waals surface area contributed by atoms with Crippen LogP contribution in [-0.4, -0.2) is 26.4 Å². The third kappa shape index (κ3) is 1.61. The lowest BCUT2D eigenvalue weighted by atomic mass is 9.95. The minimum absolute atomic E-state index is 0.160. The number of aromatic amines is 1. The molecule has 0 saturated carbocycles. The molecule has 0 atom stereocenters. The van der Waals surface area contributed by atoms with Crippen molar-refractivity contribution in [3.8, 4) is 11.4 Å². The molecule has 17 heavy (non-hydrogen) atoms. The summed E-state index contributed by atoms with van der Waals surface area (Å²) in [5.41, 5.74) is 3.48. The third-order valence-corrected chi connectivity index (χ3v) is 3.02. The standard InChI is InChI=1S/C11H11N3O3/c15-11(16)9-5-8(14-17-9)10-6-3-1-2-4-7(6)12-13-10/h5H,1-4H2,(H,12,13)(H,15,16). The average Bonchev–Trinajstić information content (AvgIpc) is 2.95. The number of H-pyrrole nitrogens is 1. The van der Waals surface area contributed by atoms with Crippen molar-refractivity contribution in [2.24, 2.45) is 0 Å². The maximum atomic E-state index is 10.7. The average molecular weight is 233 g/mol. The second kappa shape index (κ2) is 3.73. The summed E-state index contributed by atoms with van der Waals surface area (Å²) < 4.78 is 4.74. The van der Waals surface area contributed by atoms with E-state index >= 15 is 0 Å². The van der Waals surface area contributed by atoms with Gasteiger partial charge in [0.15, 0.2) is 0 Å².